The number of anilines is 1. The molecule has 2 aliphatic heterocycles. The lowest BCUT2D eigenvalue weighted by atomic mass is 10.0. The van der Waals surface area contributed by atoms with Crippen molar-refractivity contribution in [3.05, 3.63) is 16.0 Å². The highest BCUT2D eigenvalue weighted by Gasteiger charge is 2.23. The van der Waals surface area contributed by atoms with E-state index < -0.39 is 0 Å². The second-order valence-electron chi connectivity index (χ2n) is 5.49. The predicted molar refractivity (Wildman–Crippen MR) is 81.3 cm³/mol. The molecule has 1 aromatic rings. The first-order valence-electron chi connectivity index (χ1n) is 7.44. The molecule has 3 rings (SSSR count). The van der Waals surface area contributed by atoms with Crippen LogP contribution in [0.4, 0.5) is 5.00 Å². The van der Waals surface area contributed by atoms with Crippen LogP contribution in [-0.2, 0) is 22.5 Å². The van der Waals surface area contributed by atoms with E-state index in [4.69, 9.17) is 4.74 Å². The van der Waals surface area contributed by atoms with Gasteiger partial charge in [0.25, 0.3) is 0 Å². The van der Waals surface area contributed by atoms with E-state index in [1.54, 1.807) is 0 Å². The number of rotatable bonds is 3. The molecule has 0 radical (unpaired) electrons. The fourth-order valence-corrected chi connectivity index (χ4v) is 4.08. The van der Waals surface area contributed by atoms with Crippen LogP contribution in [0.2, 0.25) is 0 Å². The fraction of sp³-hybridized carbons (Fsp3) is 0.600. The quantitative estimate of drug-likeness (QED) is 0.897. The monoisotopic (exact) mass is 305 g/mol. The molecule has 112 valence electrons. The molecule has 1 unspecified atom stereocenters. The van der Waals surface area contributed by atoms with Gasteiger partial charge in [0.1, 0.15) is 11.1 Å². The number of nitrogens with one attached hydrogen (secondary N) is 2. The molecule has 1 amide bonds. The van der Waals surface area contributed by atoms with Gasteiger partial charge >= 0.3 is 0 Å². The van der Waals surface area contributed by atoms with E-state index in [0.29, 0.717) is 17.0 Å². The van der Waals surface area contributed by atoms with Gasteiger partial charge in [-0.25, -0.2) is 0 Å². The van der Waals surface area contributed by atoms with Gasteiger partial charge in [-0.15, -0.1) is 11.3 Å². The normalized spacial score (nSPS) is 21.4. The maximum atomic E-state index is 12.2. The Kier molecular flexibility index (Phi) is 4.54. The van der Waals surface area contributed by atoms with Crippen molar-refractivity contribution < 1.29 is 9.53 Å². The SMILES string of the molecule is N#Cc1c(NC(=O)CC2CCCCO2)sc2c1CCNC2. The smallest absolute Gasteiger partial charge is 0.227 e. The molecule has 0 saturated carbocycles. The van der Waals surface area contributed by atoms with Crippen molar-refractivity contribution in [1.29, 1.82) is 5.26 Å². The summed E-state index contributed by atoms with van der Waals surface area (Å²) in [4.78, 5) is 13.3. The zero-order valence-electron chi connectivity index (χ0n) is 11.9. The summed E-state index contributed by atoms with van der Waals surface area (Å²) in [6.07, 6.45) is 4.42. The molecular weight excluding hydrogens is 286 g/mol. The Bertz CT molecular complexity index is 570. The van der Waals surface area contributed by atoms with Crippen LogP contribution in [0, 0.1) is 11.3 Å². The minimum Gasteiger partial charge on any atom is -0.378 e. The van der Waals surface area contributed by atoms with Gasteiger partial charge in [0.15, 0.2) is 0 Å². The van der Waals surface area contributed by atoms with E-state index in [2.05, 4.69) is 16.7 Å². The first kappa shape index (κ1) is 14.5. The third kappa shape index (κ3) is 3.26. The maximum Gasteiger partial charge on any atom is 0.227 e. The highest BCUT2D eigenvalue weighted by Crippen LogP contribution is 2.35. The van der Waals surface area contributed by atoms with Crippen molar-refractivity contribution >= 4 is 22.2 Å². The highest BCUT2D eigenvalue weighted by molar-refractivity contribution is 7.16. The van der Waals surface area contributed by atoms with Crippen LogP contribution >= 0.6 is 11.3 Å². The average molecular weight is 305 g/mol. The van der Waals surface area contributed by atoms with Crippen LogP contribution in [0.5, 0.6) is 0 Å². The van der Waals surface area contributed by atoms with Crippen molar-refractivity contribution in [1.82, 2.24) is 5.32 Å². The Labute approximate surface area is 128 Å². The molecule has 21 heavy (non-hydrogen) atoms. The molecule has 1 saturated heterocycles. The fourth-order valence-electron chi connectivity index (χ4n) is 2.89. The van der Waals surface area contributed by atoms with Crippen molar-refractivity contribution in [3.63, 3.8) is 0 Å². The molecule has 2 aliphatic rings. The highest BCUT2D eigenvalue weighted by atomic mass is 32.1. The number of carbonyl (C=O) groups excluding carboxylic acids is 1. The van der Waals surface area contributed by atoms with Gasteiger partial charge in [-0.3, -0.25) is 4.79 Å². The molecule has 0 aliphatic carbocycles. The van der Waals surface area contributed by atoms with Crippen LogP contribution in [0.3, 0.4) is 0 Å². The molecule has 0 spiro atoms. The number of amides is 1. The standard InChI is InChI=1S/C15H19N3O2S/c16-8-12-11-4-5-17-9-13(11)21-15(12)18-14(19)7-10-3-1-2-6-20-10/h10,17H,1-7,9H2,(H,18,19). The van der Waals surface area contributed by atoms with Crippen LogP contribution in [0.25, 0.3) is 0 Å². The average Bonchev–Trinajstić information content (AvgIpc) is 2.85. The lowest BCUT2D eigenvalue weighted by Gasteiger charge is -2.21. The number of nitrogens with zero attached hydrogens (tertiary/aromatic N) is 1. The first-order valence-corrected chi connectivity index (χ1v) is 8.26. The Balaban J connectivity index is 1.68. The summed E-state index contributed by atoms with van der Waals surface area (Å²) >= 11 is 1.52. The summed E-state index contributed by atoms with van der Waals surface area (Å²) < 4.78 is 5.59. The summed E-state index contributed by atoms with van der Waals surface area (Å²) in [5.74, 6) is -0.0510. The Morgan fingerprint density at radius 2 is 2.43 bits per heavy atom. The Morgan fingerprint density at radius 1 is 1.52 bits per heavy atom. The lowest BCUT2D eigenvalue weighted by Crippen LogP contribution is -2.25. The number of hydrogen-bond donors (Lipinski definition) is 2. The van der Waals surface area contributed by atoms with E-state index in [9.17, 15) is 10.1 Å². The lowest BCUT2D eigenvalue weighted by molar-refractivity contribution is -0.119. The molecule has 1 atom stereocenters. The van der Waals surface area contributed by atoms with Gasteiger partial charge in [0, 0.05) is 18.0 Å². The van der Waals surface area contributed by atoms with Gasteiger partial charge in [-0.1, -0.05) is 0 Å². The van der Waals surface area contributed by atoms with Crippen LogP contribution < -0.4 is 10.6 Å². The molecular formula is C15H19N3O2S. The summed E-state index contributed by atoms with van der Waals surface area (Å²) in [5.41, 5.74) is 1.75. The second kappa shape index (κ2) is 6.56. The minimum atomic E-state index is -0.0510. The molecule has 2 N–H and O–H groups in total. The minimum absolute atomic E-state index is 0.0283. The molecule has 0 bridgehead atoms. The third-order valence-corrected chi connectivity index (χ3v) is 5.13. The third-order valence-electron chi connectivity index (χ3n) is 3.98. The number of ether oxygens (including phenoxy) is 1. The van der Waals surface area contributed by atoms with Gasteiger partial charge in [0.05, 0.1) is 18.1 Å². The van der Waals surface area contributed by atoms with E-state index >= 15 is 0 Å². The molecule has 3 heterocycles. The van der Waals surface area contributed by atoms with Crippen molar-refractivity contribution in [2.75, 3.05) is 18.5 Å². The van der Waals surface area contributed by atoms with Gasteiger partial charge < -0.3 is 15.4 Å². The van der Waals surface area contributed by atoms with E-state index in [1.165, 1.54) is 16.2 Å². The predicted octanol–water partition coefficient (Wildman–Crippen LogP) is 2.16. The number of fused-ring (bicyclic) bond motifs is 1. The number of thiophene rings is 1. The van der Waals surface area contributed by atoms with Gasteiger partial charge in [-0.05, 0) is 37.8 Å². The molecule has 1 fully saturated rings. The van der Waals surface area contributed by atoms with Gasteiger partial charge in [0.2, 0.25) is 5.91 Å². The summed E-state index contributed by atoms with van der Waals surface area (Å²) in [7, 11) is 0. The summed E-state index contributed by atoms with van der Waals surface area (Å²) in [6, 6.07) is 2.25. The number of carbonyl (C=O) groups is 1. The first-order chi connectivity index (χ1) is 10.3. The van der Waals surface area contributed by atoms with Crippen molar-refractivity contribution in [3.8, 4) is 6.07 Å². The van der Waals surface area contributed by atoms with Crippen molar-refractivity contribution in [2.45, 2.75) is 44.8 Å². The maximum absolute atomic E-state index is 12.2. The van der Waals surface area contributed by atoms with Crippen LogP contribution in [0.1, 0.15) is 41.7 Å². The van der Waals surface area contributed by atoms with E-state index in [-0.39, 0.29) is 12.0 Å². The Morgan fingerprint density at radius 3 is 3.19 bits per heavy atom. The zero-order chi connectivity index (χ0) is 14.7. The van der Waals surface area contributed by atoms with Crippen LogP contribution in [-0.4, -0.2) is 25.2 Å². The molecule has 0 aromatic carbocycles. The molecule has 6 heteroatoms. The molecule has 5 nitrogen and oxygen atoms in total. The number of nitriles is 1. The summed E-state index contributed by atoms with van der Waals surface area (Å²) in [5, 5.41) is 16.3. The molecule has 1 aromatic heterocycles. The summed E-state index contributed by atoms with van der Waals surface area (Å²) in [6.45, 7) is 2.43. The topological polar surface area (TPSA) is 74.2 Å². The number of hydrogen-bond acceptors (Lipinski definition) is 5. The van der Waals surface area contributed by atoms with Crippen LogP contribution in [0.15, 0.2) is 0 Å². The zero-order valence-corrected chi connectivity index (χ0v) is 12.7. The van der Waals surface area contributed by atoms with E-state index in [0.717, 1.165) is 50.9 Å². The second-order valence-corrected chi connectivity index (χ2v) is 6.59. The van der Waals surface area contributed by atoms with Gasteiger partial charge in [-0.2, -0.15) is 5.26 Å². The largest absolute Gasteiger partial charge is 0.378 e. The Hall–Kier alpha value is -1.42. The van der Waals surface area contributed by atoms with Crippen molar-refractivity contribution in [2.24, 2.45) is 0 Å². The van der Waals surface area contributed by atoms with E-state index in [1.807, 2.05) is 0 Å².